The van der Waals surface area contributed by atoms with E-state index in [-0.39, 0.29) is 17.0 Å². The first-order valence-electron chi connectivity index (χ1n) is 8.35. The summed E-state index contributed by atoms with van der Waals surface area (Å²) in [4.78, 5) is 25.4. The molecule has 0 N–H and O–H groups in total. The van der Waals surface area contributed by atoms with Crippen molar-refractivity contribution in [1.29, 1.82) is 0 Å². The minimum Gasteiger partial charge on any atom is -0.294 e. The molecule has 1 rings (SSSR count). The van der Waals surface area contributed by atoms with E-state index in [1.54, 1.807) is 6.07 Å². The van der Waals surface area contributed by atoms with Crippen LogP contribution in [-0.2, 0) is 6.42 Å². The van der Waals surface area contributed by atoms with Crippen LogP contribution in [-0.4, -0.2) is 11.6 Å². The molecule has 2 nitrogen and oxygen atoms in total. The van der Waals surface area contributed by atoms with E-state index in [9.17, 15) is 9.59 Å². The van der Waals surface area contributed by atoms with Crippen LogP contribution in [0.5, 0.6) is 0 Å². The fraction of sp³-hybridized carbons (Fsp3) is 0.619. The first-order chi connectivity index (χ1) is 10.1. The summed E-state index contributed by atoms with van der Waals surface area (Å²) < 4.78 is 0. The van der Waals surface area contributed by atoms with Gasteiger partial charge in [0, 0.05) is 22.0 Å². The van der Waals surface area contributed by atoms with Crippen LogP contribution < -0.4 is 0 Å². The third-order valence-electron chi connectivity index (χ3n) is 3.61. The van der Waals surface area contributed by atoms with Gasteiger partial charge in [0.15, 0.2) is 11.6 Å². The Bertz CT molecular complexity index is 558. The van der Waals surface area contributed by atoms with Gasteiger partial charge in [0.2, 0.25) is 0 Å². The molecular weight excluding hydrogens is 284 g/mol. The predicted octanol–water partition coefficient (Wildman–Crippen LogP) is 5.73. The zero-order chi connectivity index (χ0) is 18.2. The molecule has 2 heteroatoms. The smallest absolute Gasteiger partial charge is 0.168 e. The molecule has 0 radical (unpaired) electrons. The molecule has 0 saturated heterocycles. The first kappa shape index (κ1) is 19.6. The van der Waals surface area contributed by atoms with Crippen molar-refractivity contribution in [3.8, 4) is 0 Å². The van der Waals surface area contributed by atoms with Crippen LogP contribution in [0.25, 0.3) is 0 Å². The van der Waals surface area contributed by atoms with Crippen LogP contribution in [0, 0.1) is 16.2 Å². The third-order valence-corrected chi connectivity index (χ3v) is 3.61. The summed E-state index contributed by atoms with van der Waals surface area (Å²) in [5.41, 5.74) is 1.54. The Balaban J connectivity index is 3.45. The highest BCUT2D eigenvalue weighted by Crippen LogP contribution is 2.29. The molecule has 1 aromatic carbocycles. The van der Waals surface area contributed by atoms with Gasteiger partial charge in [-0.15, -0.1) is 0 Å². The molecule has 0 saturated carbocycles. The second kappa shape index (κ2) is 6.22. The average molecular weight is 316 g/mol. The second-order valence-corrected chi connectivity index (χ2v) is 9.81. The lowest BCUT2D eigenvalue weighted by Crippen LogP contribution is -2.24. The van der Waals surface area contributed by atoms with Gasteiger partial charge >= 0.3 is 0 Å². The minimum absolute atomic E-state index is 0.0798. The Morgan fingerprint density at radius 1 is 0.696 bits per heavy atom. The van der Waals surface area contributed by atoms with Gasteiger partial charge in [0.05, 0.1) is 0 Å². The molecule has 0 amide bonds. The van der Waals surface area contributed by atoms with Crippen molar-refractivity contribution >= 4 is 11.6 Å². The molecule has 23 heavy (non-hydrogen) atoms. The number of benzene rings is 1. The Kier molecular flexibility index (Phi) is 5.30. The zero-order valence-corrected chi connectivity index (χ0v) is 16.3. The minimum atomic E-state index is -0.456. The van der Waals surface area contributed by atoms with E-state index in [2.05, 4.69) is 20.8 Å². The van der Waals surface area contributed by atoms with Crippen LogP contribution >= 0.6 is 0 Å². The number of Topliss-reactive ketones (excluding diaryl/α,β-unsaturated/α-hetero) is 2. The molecule has 128 valence electrons. The molecule has 0 heterocycles. The van der Waals surface area contributed by atoms with Crippen molar-refractivity contribution in [3.05, 3.63) is 34.9 Å². The van der Waals surface area contributed by atoms with E-state index in [0.717, 1.165) is 12.0 Å². The van der Waals surface area contributed by atoms with Crippen LogP contribution in [0.2, 0.25) is 0 Å². The van der Waals surface area contributed by atoms with Crippen molar-refractivity contribution < 1.29 is 9.59 Å². The second-order valence-electron chi connectivity index (χ2n) is 9.81. The fourth-order valence-corrected chi connectivity index (χ4v) is 2.53. The fourth-order valence-electron chi connectivity index (χ4n) is 2.53. The predicted molar refractivity (Wildman–Crippen MR) is 97.2 cm³/mol. The zero-order valence-electron chi connectivity index (χ0n) is 16.3. The molecule has 0 aliphatic rings. The number of ketones is 2. The van der Waals surface area contributed by atoms with Gasteiger partial charge in [-0.25, -0.2) is 0 Å². The number of hydrogen-bond donors (Lipinski definition) is 0. The molecule has 0 aliphatic carbocycles. The lowest BCUT2D eigenvalue weighted by molar-refractivity contribution is 0.0855. The van der Waals surface area contributed by atoms with Crippen molar-refractivity contribution in [2.45, 2.75) is 68.7 Å². The van der Waals surface area contributed by atoms with Crippen LogP contribution in [0.3, 0.4) is 0 Å². The van der Waals surface area contributed by atoms with Crippen LogP contribution in [0.1, 0.15) is 88.6 Å². The summed E-state index contributed by atoms with van der Waals surface area (Å²) in [5.74, 6) is 0.160. The van der Waals surface area contributed by atoms with Crippen molar-refractivity contribution in [3.63, 3.8) is 0 Å². The largest absolute Gasteiger partial charge is 0.294 e. The van der Waals surface area contributed by atoms with E-state index in [0.29, 0.717) is 11.1 Å². The molecule has 0 aliphatic heterocycles. The molecule has 0 fully saturated rings. The Morgan fingerprint density at radius 3 is 1.30 bits per heavy atom. The summed E-state index contributed by atoms with van der Waals surface area (Å²) >= 11 is 0. The summed E-state index contributed by atoms with van der Waals surface area (Å²) in [6.45, 7) is 18.0. The topological polar surface area (TPSA) is 34.1 Å². The maximum absolute atomic E-state index is 12.7. The van der Waals surface area contributed by atoms with Gasteiger partial charge in [0.25, 0.3) is 0 Å². The number of hydrogen-bond acceptors (Lipinski definition) is 2. The molecule has 1 aromatic rings. The molecule has 0 bridgehead atoms. The Labute approximate surface area is 141 Å². The molecule has 0 atom stereocenters. The summed E-state index contributed by atoms with van der Waals surface area (Å²) in [6, 6.07) is 5.68. The van der Waals surface area contributed by atoms with Crippen LogP contribution in [0.15, 0.2) is 18.2 Å². The lowest BCUT2D eigenvalue weighted by Gasteiger charge is -2.23. The lowest BCUT2D eigenvalue weighted by atomic mass is 9.80. The average Bonchev–Trinajstić information content (AvgIpc) is 2.32. The summed E-state index contributed by atoms with van der Waals surface area (Å²) in [6.07, 6.45) is 0.836. The molecule has 0 aromatic heterocycles. The van der Waals surface area contributed by atoms with Crippen molar-refractivity contribution in [2.75, 3.05) is 0 Å². The van der Waals surface area contributed by atoms with Gasteiger partial charge in [-0.2, -0.15) is 0 Å². The number of carbonyl (C=O) groups excluding carboxylic acids is 2. The maximum atomic E-state index is 12.7. The van der Waals surface area contributed by atoms with E-state index >= 15 is 0 Å². The van der Waals surface area contributed by atoms with Gasteiger partial charge in [0.1, 0.15) is 0 Å². The molecule has 0 unspecified atom stereocenters. The number of rotatable bonds is 3. The summed E-state index contributed by atoms with van der Waals surface area (Å²) in [7, 11) is 0. The van der Waals surface area contributed by atoms with E-state index in [4.69, 9.17) is 0 Å². The highest BCUT2D eigenvalue weighted by Gasteiger charge is 2.28. The SMILES string of the molecule is CC(C)(C)Cc1cc(C(=O)C(C)(C)C)cc(C(=O)C(C)(C)C)c1. The molecule has 0 spiro atoms. The summed E-state index contributed by atoms with van der Waals surface area (Å²) in [5, 5.41) is 0. The van der Waals surface area contributed by atoms with E-state index in [1.165, 1.54) is 0 Å². The van der Waals surface area contributed by atoms with Crippen molar-refractivity contribution in [1.82, 2.24) is 0 Å². The highest BCUT2D eigenvalue weighted by atomic mass is 16.1. The van der Waals surface area contributed by atoms with Gasteiger partial charge < -0.3 is 0 Å². The van der Waals surface area contributed by atoms with Gasteiger partial charge in [-0.05, 0) is 35.6 Å². The normalized spacial score (nSPS) is 13.1. The Hall–Kier alpha value is -1.44. The highest BCUT2D eigenvalue weighted by molar-refractivity contribution is 6.05. The van der Waals surface area contributed by atoms with Gasteiger partial charge in [-0.1, -0.05) is 62.3 Å². The van der Waals surface area contributed by atoms with E-state index < -0.39 is 10.8 Å². The van der Waals surface area contributed by atoms with E-state index in [1.807, 2.05) is 53.7 Å². The first-order valence-corrected chi connectivity index (χ1v) is 8.35. The maximum Gasteiger partial charge on any atom is 0.168 e. The molecular formula is C21H32O2. The van der Waals surface area contributed by atoms with Crippen molar-refractivity contribution in [2.24, 2.45) is 16.2 Å². The number of carbonyl (C=O) groups is 2. The van der Waals surface area contributed by atoms with Crippen LogP contribution in [0.4, 0.5) is 0 Å². The Morgan fingerprint density at radius 2 is 1.04 bits per heavy atom. The standard InChI is InChI=1S/C21H32O2/c1-19(2,3)13-14-10-15(17(22)20(4,5)6)12-16(11-14)18(23)21(7,8)9/h10-12H,13H2,1-9H3. The van der Waals surface area contributed by atoms with Gasteiger partial charge in [-0.3, -0.25) is 9.59 Å². The third kappa shape index (κ3) is 5.60. The quantitative estimate of drug-likeness (QED) is 0.667. The monoisotopic (exact) mass is 316 g/mol.